The quantitative estimate of drug-likeness (QED) is 0.566. The number of rotatable bonds is 9. The topological polar surface area (TPSA) is 85.0 Å². The molecule has 8 nitrogen and oxygen atoms in total. The summed E-state index contributed by atoms with van der Waals surface area (Å²) >= 11 is 0. The van der Waals surface area contributed by atoms with E-state index in [2.05, 4.69) is 14.9 Å². The van der Waals surface area contributed by atoms with Gasteiger partial charge in [-0.2, -0.15) is 0 Å². The zero-order valence-corrected chi connectivity index (χ0v) is 21.7. The Kier molecular flexibility index (Phi) is 8.57. The average Bonchev–Trinajstić information content (AvgIpc) is 2.79. The summed E-state index contributed by atoms with van der Waals surface area (Å²) in [6.07, 6.45) is 0. The maximum atomic E-state index is 13.4. The summed E-state index contributed by atoms with van der Waals surface area (Å²) in [7, 11) is 0.110. The molecule has 3 rings (SSSR count). The van der Waals surface area contributed by atoms with Gasteiger partial charge in [0.1, 0.15) is 0 Å². The van der Waals surface area contributed by atoms with Crippen LogP contribution in [0.3, 0.4) is 0 Å². The van der Waals surface area contributed by atoms with E-state index in [-0.39, 0.29) is 10.8 Å². The largest absolute Gasteiger partial charge is 0.367 e. The van der Waals surface area contributed by atoms with Gasteiger partial charge in [-0.05, 0) is 64.7 Å². The predicted octanol–water partition coefficient (Wildman–Crippen LogP) is 2.54. The van der Waals surface area contributed by atoms with Gasteiger partial charge in [-0.25, -0.2) is 8.42 Å². The van der Waals surface area contributed by atoms with Crippen molar-refractivity contribution in [3.63, 3.8) is 0 Å². The minimum absolute atomic E-state index is 0.108. The maximum absolute atomic E-state index is 13.4. The standard InChI is InChI=1S/C25H37N5O3S/c1-6-29(16-15-28(4)5)25(31)21-8-9-23(30-13-11-26-12-14-30)22(18-21)27-34(32,33)24-10-7-19(2)17-20(24)3/h7-10,17-18,26-27H,6,11-16H2,1-5H3. The van der Waals surface area contributed by atoms with Crippen LogP contribution in [-0.2, 0) is 10.0 Å². The van der Waals surface area contributed by atoms with Crippen molar-refractivity contribution in [2.75, 3.05) is 69.5 Å². The molecule has 1 amide bonds. The molecule has 1 fully saturated rings. The first kappa shape index (κ1) is 26.0. The SMILES string of the molecule is CCN(CCN(C)C)C(=O)c1ccc(N2CCNCC2)c(NS(=O)(=O)c2ccc(C)cc2C)c1. The number of carbonyl (C=O) groups is 1. The number of piperazine rings is 1. The van der Waals surface area contributed by atoms with E-state index in [0.29, 0.717) is 29.9 Å². The third-order valence-electron chi connectivity index (χ3n) is 6.05. The number of hydrogen-bond acceptors (Lipinski definition) is 6. The number of aryl methyl sites for hydroxylation is 2. The summed E-state index contributed by atoms with van der Waals surface area (Å²) in [6, 6.07) is 10.6. The lowest BCUT2D eigenvalue weighted by Gasteiger charge is -2.31. The Morgan fingerprint density at radius 3 is 2.38 bits per heavy atom. The summed E-state index contributed by atoms with van der Waals surface area (Å²) < 4.78 is 29.5. The average molecular weight is 488 g/mol. The number of benzene rings is 2. The van der Waals surface area contributed by atoms with Crippen LogP contribution in [0.1, 0.15) is 28.4 Å². The number of nitrogens with zero attached hydrogens (tertiary/aromatic N) is 3. The monoisotopic (exact) mass is 487 g/mol. The molecule has 1 saturated heterocycles. The van der Waals surface area contributed by atoms with Crippen molar-refractivity contribution < 1.29 is 13.2 Å². The fourth-order valence-electron chi connectivity index (χ4n) is 4.14. The number of likely N-dealkylation sites (N-methyl/N-ethyl adjacent to an activating group) is 2. The number of anilines is 2. The molecule has 0 spiro atoms. The maximum Gasteiger partial charge on any atom is 0.262 e. The van der Waals surface area contributed by atoms with Crippen molar-refractivity contribution >= 4 is 27.3 Å². The fourth-order valence-corrected chi connectivity index (χ4v) is 5.43. The van der Waals surface area contributed by atoms with Gasteiger partial charge in [0.25, 0.3) is 15.9 Å². The normalized spacial score (nSPS) is 14.4. The molecule has 1 aliphatic rings. The van der Waals surface area contributed by atoms with Crippen LogP contribution >= 0.6 is 0 Å². The molecule has 0 bridgehead atoms. The smallest absolute Gasteiger partial charge is 0.262 e. The number of sulfonamides is 1. The van der Waals surface area contributed by atoms with Gasteiger partial charge < -0.3 is 20.0 Å². The molecule has 0 atom stereocenters. The highest BCUT2D eigenvalue weighted by Crippen LogP contribution is 2.31. The lowest BCUT2D eigenvalue weighted by molar-refractivity contribution is 0.0754. The second-order valence-electron chi connectivity index (χ2n) is 9.03. The highest BCUT2D eigenvalue weighted by molar-refractivity contribution is 7.92. The fraction of sp³-hybridized carbons (Fsp3) is 0.480. The van der Waals surface area contributed by atoms with Gasteiger partial charge in [0.05, 0.1) is 16.3 Å². The highest BCUT2D eigenvalue weighted by atomic mass is 32.2. The van der Waals surface area contributed by atoms with Gasteiger partial charge in [0, 0.05) is 51.4 Å². The summed E-state index contributed by atoms with van der Waals surface area (Å²) in [4.78, 5) is 19.5. The van der Waals surface area contributed by atoms with E-state index in [9.17, 15) is 13.2 Å². The van der Waals surface area contributed by atoms with Crippen molar-refractivity contribution in [2.45, 2.75) is 25.7 Å². The van der Waals surface area contributed by atoms with Crippen LogP contribution in [0, 0.1) is 13.8 Å². The zero-order valence-electron chi connectivity index (χ0n) is 20.9. The van der Waals surface area contributed by atoms with Crippen molar-refractivity contribution in [1.29, 1.82) is 0 Å². The van der Waals surface area contributed by atoms with Gasteiger partial charge in [-0.1, -0.05) is 17.7 Å². The first-order valence-corrected chi connectivity index (χ1v) is 13.2. The van der Waals surface area contributed by atoms with Crippen LogP contribution in [0.25, 0.3) is 0 Å². The summed E-state index contributed by atoms with van der Waals surface area (Å²) in [5.41, 5.74) is 3.36. The molecule has 2 N–H and O–H groups in total. The Labute approximate surface area is 204 Å². The number of nitrogens with one attached hydrogen (secondary N) is 2. The summed E-state index contributed by atoms with van der Waals surface area (Å²) in [5, 5.41) is 3.32. The van der Waals surface area contributed by atoms with Gasteiger partial charge in [-0.15, -0.1) is 0 Å². The van der Waals surface area contributed by atoms with Crippen LogP contribution < -0.4 is 14.9 Å². The van der Waals surface area contributed by atoms with Crippen molar-refractivity contribution in [2.24, 2.45) is 0 Å². The Hall–Kier alpha value is -2.62. The molecule has 0 saturated carbocycles. The van der Waals surface area contributed by atoms with Crippen LogP contribution in [0.2, 0.25) is 0 Å². The Bertz CT molecular complexity index is 1110. The molecule has 186 valence electrons. The van der Waals surface area contributed by atoms with Crippen LogP contribution in [0.5, 0.6) is 0 Å². The second kappa shape index (κ2) is 11.2. The van der Waals surface area contributed by atoms with E-state index in [4.69, 9.17) is 0 Å². The Morgan fingerprint density at radius 1 is 1.06 bits per heavy atom. The molecule has 1 aliphatic heterocycles. The lowest BCUT2D eigenvalue weighted by atomic mass is 10.1. The van der Waals surface area contributed by atoms with E-state index in [1.54, 1.807) is 36.1 Å². The van der Waals surface area contributed by atoms with Gasteiger partial charge in [0.15, 0.2) is 0 Å². The molecule has 0 aliphatic carbocycles. The minimum atomic E-state index is -3.84. The first-order chi connectivity index (χ1) is 16.1. The van der Waals surface area contributed by atoms with Crippen LogP contribution in [-0.4, -0.2) is 84.0 Å². The zero-order chi connectivity index (χ0) is 24.9. The van der Waals surface area contributed by atoms with Crippen LogP contribution in [0.4, 0.5) is 11.4 Å². The van der Waals surface area contributed by atoms with Crippen molar-refractivity contribution in [1.82, 2.24) is 15.1 Å². The Morgan fingerprint density at radius 2 is 1.76 bits per heavy atom. The minimum Gasteiger partial charge on any atom is -0.367 e. The number of hydrogen-bond donors (Lipinski definition) is 2. The van der Waals surface area contributed by atoms with E-state index in [1.165, 1.54) is 0 Å². The molecular weight excluding hydrogens is 450 g/mol. The van der Waals surface area contributed by atoms with Crippen molar-refractivity contribution in [3.05, 3.63) is 53.1 Å². The Balaban J connectivity index is 1.99. The molecule has 2 aromatic carbocycles. The van der Waals surface area contributed by atoms with Crippen molar-refractivity contribution in [3.8, 4) is 0 Å². The second-order valence-corrected chi connectivity index (χ2v) is 10.7. The van der Waals surface area contributed by atoms with Gasteiger partial charge in [-0.3, -0.25) is 9.52 Å². The van der Waals surface area contributed by atoms with Gasteiger partial charge in [0.2, 0.25) is 0 Å². The van der Waals surface area contributed by atoms with Gasteiger partial charge >= 0.3 is 0 Å². The van der Waals surface area contributed by atoms with E-state index in [0.717, 1.165) is 44.0 Å². The van der Waals surface area contributed by atoms with E-state index >= 15 is 0 Å². The van der Waals surface area contributed by atoms with E-state index < -0.39 is 10.0 Å². The highest BCUT2D eigenvalue weighted by Gasteiger charge is 2.23. The number of amides is 1. The third kappa shape index (κ3) is 6.28. The summed E-state index contributed by atoms with van der Waals surface area (Å²) in [5.74, 6) is -0.108. The molecule has 9 heteroatoms. The molecular formula is C25H37N5O3S. The number of carbonyl (C=O) groups excluding carboxylic acids is 1. The van der Waals surface area contributed by atoms with Crippen LogP contribution in [0.15, 0.2) is 41.3 Å². The predicted molar refractivity (Wildman–Crippen MR) is 138 cm³/mol. The molecule has 0 radical (unpaired) electrons. The first-order valence-electron chi connectivity index (χ1n) is 11.8. The molecule has 1 heterocycles. The molecule has 2 aromatic rings. The third-order valence-corrected chi connectivity index (χ3v) is 7.58. The molecule has 34 heavy (non-hydrogen) atoms. The van der Waals surface area contributed by atoms with E-state index in [1.807, 2.05) is 45.0 Å². The summed E-state index contributed by atoms with van der Waals surface area (Å²) in [6.45, 7) is 10.8. The lowest BCUT2D eigenvalue weighted by Crippen LogP contribution is -2.44. The molecule has 0 aromatic heterocycles. The molecule has 0 unspecified atom stereocenters.